The highest BCUT2D eigenvalue weighted by Gasteiger charge is 2.20. The van der Waals surface area contributed by atoms with Crippen LogP contribution in [-0.4, -0.2) is 13.4 Å². The highest BCUT2D eigenvalue weighted by atomic mass is 32.2. The zero-order valence-corrected chi connectivity index (χ0v) is 13.5. The van der Waals surface area contributed by atoms with E-state index in [9.17, 15) is 12.8 Å². The van der Waals surface area contributed by atoms with E-state index >= 15 is 0 Å². The van der Waals surface area contributed by atoms with Crippen LogP contribution in [0.2, 0.25) is 0 Å². The number of hydrogen-bond acceptors (Lipinski definition) is 3. The molecule has 3 aromatic rings. The summed E-state index contributed by atoms with van der Waals surface area (Å²) in [6, 6.07) is 11.0. The molecule has 6 heteroatoms. The van der Waals surface area contributed by atoms with Gasteiger partial charge in [0, 0.05) is 11.6 Å². The predicted molar refractivity (Wildman–Crippen MR) is 88.4 cm³/mol. The lowest BCUT2D eigenvalue weighted by Gasteiger charge is -2.11. The van der Waals surface area contributed by atoms with E-state index in [0.717, 1.165) is 16.5 Å². The van der Waals surface area contributed by atoms with Gasteiger partial charge in [-0.1, -0.05) is 18.2 Å². The smallest absolute Gasteiger partial charge is 0.264 e. The highest BCUT2D eigenvalue weighted by molar-refractivity contribution is 7.93. The summed E-state index contributed by atoms with van der Waals surface area (Å²) in [5, 5.41) is 0.720. The first kappa shape index (κ1) is 15.4. The number of aryl methyl sites for hydroxylation is 2. The number of halogens is 1. The molecule has 0 aliphatic heterocycles. The van der Waals surface area contributed by atoms with E-state index in [1.807, 2.05) is 13.0 Å². The molecule has 1 heterocycles. The third kappa shape index (κ3) is 3.03. The Bertz CT molecular complexity index is 1000. The molecule has 0 atom stereocenters. The summed E-state index contributed by atoms with van der Waals surface area (Å²) in [6.07, 6.45) is 1.61. The molecule has 1 aromatic heterocycles. The molecule has 0 radical (unpaired) electrons. The first-order valence-electron chi connectivity index (χ1n) is 7.01. The van der Waals surface area contributed by atoms with Gasteiger partial charge in [-0.25, -0.2) is 12.8 Å². The van der Waals surface area contributed by atoms with Gasteiger partial charge in [-0.3, -0.25) is 9.71 Å². The molecule has 0 aliphatic carbocycles. The summed E-state index contributed by atoms with van der Waals surface area (Å²) in [7, 11) is -3.94. The number of pyridine rings is 1. The molecule has 0 aliphatic rings. The van der Waals surface area contributed by atoms with Crippen molar-refractivity contribution in [1.29, 1.82) is 0 Å². The monoisotopic (exact) mass is 330 g/mol. The van der Waals surface area contributed by atoms with E-state index in [2.05, 4.69) is 9.71 Å². The molecule has 23 heavy (non-hydrogen) atoms. The Labute approximate surface area is 134 Å². The number of anilines is 1. The Morgan fingerprint density at radius 2 is 1.83 bits per heavy atom. The van der Waals surface area contributed by atoms with Crippen LogP contribution >= 0.6 is 0 Å². The topological polar surface area (TPSA) is 59.1 Å². The number of fused-ring (bicyclic) bond motifs is 1. The minimum absolute atomic E-state index is 0.0240. The molecule has 0 saturated carbocycles. The molecule has 2 aromatic carbocycles. The van der Waals surface area contributed by atoms with Crippen LogP contribution in [0, 0.1) is 19.7 Å². The largest absolute Gasteiger partial charge is 0.277 e. The van der Waals surface area contributed by atoms with E-state index in [1.54, 1.807) is 31.3 Å². The van der Waals surface area contributed by atoms with Crippen LogP contribution in [0.4, 0.5) is 10.1 Å². The lowest BCUT2D eigenvalue weighted by atomic mass is 10.2. The molecule has 0 bridgehead atoms. The lowest BCUT2D eigenvalue weighted by molar-refractivity contribution is 0.599. The quantitative estimate of drug-likeness (QED) is 0.795. The fourth-order valence-corrected chi connectivity index (χ4v) is 3.62. The van der Waals surface area contributed by atoms with Crippen LogP contribution in [-0.2, 0) is 10.0 Å². The number of benzene rings is 2. The minimum Gasteiger partial charge on any atom is -0.277 e. The second kappa shape index (κ2) is 5.62. The second-order valence-electron chi connectivity index (χ2n) is 5.43. The number of sulfonamides is 1. The van der Waals surface area contributed by atoms with Gasteiger partial charge in [-0.2, -0.15) is 0 Å². The van der Waals surface area contributed by atoms with Crippen molar-refractivity contribution in [3.8, 4) is 0 Å². The SMILES string of the molecule is Cc1ccc(F)c(NS(=O)(=O)c2cccc3cc(C)cnc23)c1. The van der Waals surface area contributed by atoms with Gasteiger partial charge < -0.3 is 0 Å². The van der Waals surface area contributed by atoms with Gasteiger partial charge >= 0.3 is 0 Å². The van der Waals surface area contributed by atoms with Crippen molar-refractivity contribution in [3.63, 3.8) is 0 Å². The maximum atomic E-state index is 13.8. The molecular formula is C17H15FN2O2S. The number of aromatic nitrogens is 1. The Morgan fingerprint density at radius 3 is 2.61 bits per heavy atom. The maximum absolute atomic E-state index is 13.8. The van der Waals surface area contributed by atoms with Crippen LogP contribution in [0.5, 0.6) is 0 Å². The van der Waals surface area contributed by atoms with Crippen molar-refractivity contribution in [2.45, 2.75) is 18.7 Å². The zero-order valence-electron chi connectivity index (χ0n) is 12.7. The van der Waals surface area contributed by atoms with Gasteiger partial charge in [0.1, 0.15) is 10.7 Å². The van der Waals surface area contributed by atoms with Gasteiger partial charge in [-0.15, -0.1) is 0 Å². The summed E-state index contributed by atoms with van der Waals surface area (Å²) >= 11 is 0. The summed E-state index contributed by atoms with van der Waals surface area (Å²) in [6.45, 7) is 3.65. The number of para-hydroxylation sites is 1. The normalized spacial score (nSPS) is 11.6. The molecule has 0 fully saturated rings. The van der Waals surface area contributed by atoms with Crippen LogP contribution in [0.25, 0.3) is 10.9 Å². The summed E-state index contributed by atoms with van der Waals surface area (Å²) in [5.74, 6) is -0.622. The first-order chi connectivity index (χ1) is 10.9. The van der Waals surface area contributed by atoms with Gasteiger partial charge in [0.2, 0.25) is 0 Å². The molecule has 3 rings (SSSR count). The van der Waals surface area contributed by atoms with Crippen molar-refractivity contribution in [3.05, 3.63) is 65.6 Å². The fraction of sp³-hybridized carbons (Fsp3) is 0.118. The molecule has 0 saturated heterocycles. The van der Waals surface area contributed by atoms with Gasteiger partial charge in [-0.05, 0) is 49.2 Å². The highest BCUT2D eigenvalue weighted by Crippen LogP contribution is 2.25. The zero-order chi connectivity index (χ0) is 16.6. The standard InChI is InChI=1S/C17H15FN2O2S/c1-11-6-7-14(18)15(9-11)20-23(21,22)16-5-3-4-13-8-12(2)10-19-17(13)16/h3-10,20H,1-2H3. The van der Waals surface area contributed by atoms with Crippen molar-refractivity contribution < 1.29 is 12.8 Å². The molecule has 0 amide bonds. The number of hydrogen-bond donors (Lipinski definition) is 1. The maximum Gasteiger partial charge on any atom is 0.264 e. The van der Waals surface area contributed by atoms with Crippen molar-refractivity contribution in [2.24, 2.45) is 0 Å². The minimum atomic E-state index is -3.94. The van der Waals surface area contributed by atoms with Crippen molar-refractivity contribution >= 4 is 26.6 Å². The van der Waals surface area contributed by atoms with Gasteiger partial charge in [0.25, 0.3) is 10.0 Å². The Morgan fingerprint density at radius 1 is 1.04 bits per heavy atom. The average Bonchev–Trinajstić information content (AvgIpc) is 2.49. The summed E-state index contributed by atoms with van der Waals surface area (Å²) in [5.41, 5.74) is 1.98. The molecule has 0 spiro atoms. The van der Waals surface area contributed by atoms with Crippen molar-refractivity contribution in [1.82, 2.24) is 4.98 Å². The molecular weight excluding hydrogens is 315 g/mol. The van der Waals surface area contributed by atoms with Crippen LogP contribution in [0.3, 0.4) is 0 Å². The summed E-state index contributed by atoms with van der Waals surface area (Å²) < 4.78 is 41.4. The van der Waals surface area contributed by atoms with E-state index < -0.39 is 15.8 Å². The molecule has 4 nitrogen and oxygen atoms in total. The second-order valence-corrected chi connectivity index (χ2v) is 7.08. The van der Waals surface area contributed by atoms with E-state index in [-0.39, 0.29) is 10.6 Å². The van der Waals surface area contributed by atoms with E-state index in [0.29, 0.717) is 5.52 Å². The Balaban J connectivity index is 2.12. The number of rotatable bonds is 3. The van der Waals surface area contributed by atoms with E-state index in [4.69, 9.17) is 0 Å². The first-order valence-corrected chi connectivity index (χ1v) is 8.49. The Kier molecular flexibility index (Phi) is 3.77. The summed E-state index contributed by atoms with van der Waals surface area (Å²) in [4.78, 5) is 4.24. The molecule has 118 valence electrons. The van der Waals surface area contributed by atoms with Crippen LogP contribution in [0.15, 0.2) is 53.6 Å². The van der Waals surface area contributed by atoms with Crippen LogP contribution < -0.4 is 4.72 Å². The fourth-order valence-electron chi connectivity index (χ4n) is 2.38. The van der Waals surface area contributed by atoms with Crippen molar-refractivity contribution in [2.75, 3.05) is 4.72 Å². The molecule has 0 unspecified atom stereocenters. The van der Waals surface area contributed by atoms with Gasteiger partial charge in [0.15, 0.2) is 0 Å². The third-order valence-electron chi connectivity index (χ3n) is 3.47. The van der Waals surface area contributed by atoms with E-state index in [1.165, 1.54) is 18.2 Å². The number of nitrogens with one attached hydrogen (secondary N) is 1. The van der Waals surface area contributed by atoms with Crippen LogP contribution in [0.1, 0.15) is 11.1 Å². The third-order valence-corrected chi connectivity index (χ3v) is 4.86. The molecule has 1 N–H and O–H groups in total. The Hall–Kier alpha value is -2.47. The predicted octanol–water partition coefficient (Wildman–Crippen LogP) is 3.79. The van der Waals surface area contributed by atoms with Gasteiger partial charge in [0.05, 0.1) is 11.2 Å². The number of nitrogens with zero attached hydrogens (tertiary/aromatic N) is 1. The lowest BCUT2D eigenvalue weighted by Crippen LogP contribution is -2.15. The average molecular weight is 330 g/mol.